The first-order valence-corrected chi connectivity index (χ1v) is 16.5. The van der Waals surface area contributed by atoms with Crippen molar-refractivity contribution < 1.29 is 28.3 Å². The van der Waals surface area contributed by atoms with Gasteiger partial charge in [0.2, 0.25) is 5.78 Å². The maximum absolute atomic E-state index is 13.9. The number of carbonyl (C=O) groups is 2. The van der Waals surface area contributed by atoms with Gasteiger partial charge < -0.3 is 24.0 Å². The summed E-state index contributed by atoms with van der Waals surface area (Å²) < 4.78 is 27.5. The van der Waals surface area contributed by atoms with Crippen LogP contribution in [0.15, 0.2) is 121 Å². The van der Waals surface area contributed by atoms with Gasteiger partial charge >= 0.3 is 13.6 Å². The van der Waals surface area contributed by atoms with Crippen molar-refractivity contribution in [2.75, 3.05) is 5.32 Å². The van der Waals surface area contributed by atoms with E-state index in [0.29, 0.717) is 29.9 Å². The Morgan fingerprint density at radius 2 is 1.29 bits per heavy atom. The quantitative estimate of drug-likeness (QED) is 0.101. The van der Waals surface area contributed by atoms with E-state index in [4.69, 9.17) is 9.05 Å². The number of hydrogen-bond donors (Lipinski definition) is 2. The average molecular weight is 621 g/mol. The summed E-state index contributed by atoms with van der Waals surface area (Å²) in [5.74, 6) is -1.58. The van der Waals surface area contributed by atoms with Crippen molar-refractivity contribution >= 4 is 30.7 Å². The number of aliphatic carboxylic acids is 1. The molecule has 1 aliphatic heterocycles. The van der Waals surface area contributed by atoms with Gasteiger partial charge in [-0.1, -0.05) is 72.8 Å². The number of fused-ring (bicyclic) bond motifs is 1. The van der Waals surface area contributed by atoms with Crippen molar-refractivity contribution in [2.24, 2.45) is 0 Å². The van der Waals surface area contributed by atoms with Crippen LogP contribution in [0.1, 0.15) is 50.8 Å². The maximum atomic E-state index is 13.9. The summed E-state index contributed by atoms with van der Waals surface area (Å²) in [5, 5.41) is 12.8. The van der Waals surface area contributed by atoms with Gasteiger partial charge in [0.25, 0.3) is 0 Å². The summed E-state index contributed by atoms with van der Waals surface area (Å²) in [4.78, 5) is 24.7. The number of carboxylic acids is 1. The van der Waals surface area contributed by atoms with E-state index < -0.39 is 19.5 Å². The lowest BCUT2D eigenvalue weighted by Crippen LogP contribution is -2.10. The molecule has 6 rings (SSSR count). The maximum Gasteiger partial charge on any atom is 0.335 e. The van der Waals surface area contributed by atoms with E-state index in [0.717, 1.165) is 28.1 Å². The molecule has 0 bridgehead atoms. The van der Waals surface area contributed by atoms with Crippen LogP contribution in [0.5, 0.6) is 0 Å². The zero-order valence-corrected chi connectivity index (χ0v) is 25.4. The topological polar surface area (TPSA) is 107 Å². The molecule has 1 aliphatic rings. The highest BCUT2D eigenvalue weighted by Gasteiger charge is 2.31. The molecule has 4 aromatic carbocycles. The first-order chi connectivity index (χ1) is 21.9. The van der Waals surface area contributed by atoms with Gasteiger partial charge in [-0.3, -0.25) is 14.2 Å². The van der Waals surface area contributed by atoms with Crippen molar-refractivity contribution in [1.82, 2.24) is 4.57 Å². The molecule has 1 atom stereocenters. The van der Waals surface area contributed by atoms with Gasteiger partial charge in [-0.15, -0.1) is 0 Å². The molecule has 5 aromatic rings. The fourth-order valence-corrected chi connectivity index (χ4v) is 7.06. The molecular formula is C36H33N2O6P. The van der Waals surface area contributed by atoms with Crippen molar-refractivity contribution in [2.45, 2.75) is 38.3 Å². The first-order valence-electron chi connectivity index (χ1n) is 14.8. The van der Waals surface area contributed by atoms with Crippen molar-refractivity contribution in [3.8, 4) is 0 Å². The van der Waals surface area contributed by atoms with Crippen LogP contribution in [0.3, 0.4) is 0 Å². The minimum Gasteiger partial charge on any atom is -0.481 e. The van der Waals surface area contributed by atoms with Gasteiger partial charge in [0.1, 0.15) is 0 Å². The third-order valence-corrected chi connectivity index (χ3v) is 9.65. The molecule has 0 amide bonds. The number of rotatable bonds is 13. The van der Waals surface area contributed by atoms with E-state index in [1.807, 2.05) is 102 Å². The first kappa shape index (κ1) is 30.3. The van der Waals surface area contributed by atoms with Gasteiger partial charge in [0.15, 0.2) is 0 Å². The number of hydrogen-bond acceptors (Lipinski definition) is 6. The molecule has 0 aliphatic carbocycles. The summed E-state index contributed by atoms with van der Waals surface area (Å²) in [6.07, 6.45) is 0.618. The van der Waals surface area contributed by atoms with Crippen LogP contribution in [0, 0.1) is 0 Å². The van der Waals surface area contributed by atoms with E-state index >= 15 is 0 Å². The summed E-state index contributed by atoms with van der Waals surface area (Å²) in [5.41, 5.74) is 5.97. The Balaban J connectivity index is 1.10. The molecule has 1 aromatic heterocycles. The molecule has 0 saturated carbocycles. The van der Waals surface area contributed by atoms with E-state index in [9.17, 15) is 19.3 Å². The summed E-state index contributed by atoms with van der Waals surface area (Å²) in [6, 6.07) is 37.4. The predicted molar refractivity (Wildman–Crippen MR) is 173 cm³/mol. The van der Waals surface area contributed by atoms with Gasteiger partial charge in [0.05, 0.1) is 31.0 Å². The van der Waals surface area contributed by atoms with Crippen LogP contribution < -0.4 is 5.32 Å². The summed E-state index contributed by atoms with van der Waals surface area (Å²) >= 11 is 0. The lowest BCUT2D eigenvalue weighted by Gasteiger charge is -2.19. The van der Waals surface area contributed by atoms with E-state index in [-0.39, 0.29) is 25.2 Å². The molecule has 0 saturated heterocycles. The second kappa shape index (κ2) is 13.5. The fourth-order valence-electron chi connectivity index (χ4n) is 5.45. The molecule has 228 valence electrons. The molecule has 1 unspecified atom stereocenters. The number of nitrogens with one attached hydrogen (secondary N) is 1. The van der Waals surface area contributed by atoms with Crippen LogP contribution in [0.4, 0.5) is 11.4 Å². The smallest absolute Gasteiger partial charge is 0.335 e. The number of carbonyl (C=O) groups excluding carboxylic acids is 1. The monoisotopic (exact) mass is 620 g/mol. The number of nitrogens with zero attached hydrogens (tertiary/aromatic N) is 1. The largest absolute Gasteiger partial charge is 0.481 e. The fraction of sp³-hybridized carbons (Fsp3) is 0.167. The highest BCUT2D eigenvalue weighted by Crippen LogP contribution is 2.53. The second-order valence-electron chi connectivity index (χ2n) is 11.0. The molecule has 0 fully saturated rings. The minimum atomic E-state index is -3.49. The Kier molecular flexibility index (Phi) is 9.08. The van der Waals surface area contributed by atoms with Crippen LogP contribution in [-0.4, -0.2) is 21.4 Å². The summed E-state index contributed by atoms with van der Waals surface area (Å²) in [7, 11) is -3.49. The average Bonchev–Trinajstić information content (AvgIpc) is 3.68. The van der Waals surface area contributed by atoms with Crippen LogP contribution in [0.25, 0.3) is 0 Å². The molecule has 2 N–H and O–H groups in total. The molecular weight excluding hydrogens is 587 g/mol. The molecule has 9 heteroatoms. The predicted octanol–water partition coefficient (Wildman–Crippen LogP) is 8.16. The normalized spacial score (nSPS) is 14.2. The van der Waals surface area contributed by atoms with Crippen molar-refractivity contribution in [3.63, 3.8) is 0 Å². The lowest BCUT2D eigenvalue weighted by molar-refractivity contribution is -0.138. The highest BCUT2D eigenvalue weighted by molar-refractivity contribution is 7.52. The molecule has 45 heavy (non-hydrogen) atoms. The Morgan fingerprint density at radius 1 is 0.733 bits per heavy atom. The Hall–Kier alpha value is -4.75. The molecule has 0 radical (unpaired) electrons. The van der Waals surface area contributed by atoms with Gasteiger partial charge in [-0.25, -0.2) is 0 Å². The summed E-state index contributed by atoms with van der Waals surface area (Å²) in [6.45, 7) is 0.880. The number of anilines is 2. The third kappa shape index (κ3) is 7.32. The van der Waals surface area contributed by atoms with E-state index in [1.165, 1.54) is 0 Å². The number of aromatic nitrogens is 1. The Morgan fingerprint density at radius 3 is 1.84 bits per heavy atom. The Bertz CT molecular complexity index is 1770. The van der Waals surface area contributed by atoms with Crippen molar-refractivity contribution in [1.29, 1.82) is 0 Å². The van der Waals surface area contributed by atoms with Gasteiger partial charge in [-0.05, 0) is 71.6 Å². The zero-order valence-electron chi connectivity index (χ0n) is 24.5. The van der Waals surface area contributed by atoms with Crippen molar-refractivity contribution in [3.05, 3.63) is 155 Å². The number of ketones is 1. The second-order valence-corrected chi connectivity index (χ2v) is 13.0. The standard InChI is InChI=1S/C36H33N2O6P/c39-35(34-20-19-33-32(36(40)41)21-22-38(33)34)29-13-17-31(18-14-29)37-30-15-11-28(12-16-30)25-45(42,43-23-26-7-3-1-4-8-26)44-24-27-9-5-2-6-10-27/h1-20,32,37H,21-25H2,(H,40,41). The van der Waals surface area contributed by atoms with Crippen LogP contribution in [0.2, 0.25) is 0 Å². The SMILES string of the molecule is O=C(c1ccc(Nc2ccc(CP(=O)(OCc3ccccc3)OCc3ccccc3)cc2)cc1)c1ccc2n1CCC2C(=O)O. The Labute approximate surface area is 261 Å². The van der Waals surface area contributed by atoms with E-state index in [2.05, 4.69) is 5.32 Å². The van der Waals surface area contributed by atoms with Crippen LogP contribution in [-0.2, 0) is 44.3 Å². The minimum absolute atomic E-state index is 0.125. The van der Waals surface area contributed by atoms with E-state index in [1.54, 1.807) is 24.3 Å². The number of benzene rings is 4. The molecule has 0 spiro atoms. The van der Waals surface area contributed by atoms with Crippen LogP contribution >= 0.6 is 7.60 Å². The number of carboxylic acid groups (broad SMARTS) is 1. The highest BCUT2D eigenvalue weighted by atomic mass is 31.2. The molecule has 8 nitrogen and oxygen atoms in total. The third-order valence-electron chi connectivity index (χ3n) is 7.85. The van der Waals surface area contributed by atoms with Gasteiger partial charge in [-0.2, -0.15) is 0 Å². The lowest BCUT2D eigenvalue weighted by atomic mass is 10.1. The zero-order chi connectivity index (χ0) is 31.2. The molecule has 2 heterocycles. The van der Waals surface area contributed by atoms with Gasteiger partial charge in [0, 0.05) is 29.2 Å².